The van der Waals surface area contributed by atoms with Crippen LogP contribution in [0.15, 0.2) is 11.6 Å². The van der Waals surface area contributed by atoms with Crippen molar-refractivity contribution in [3.05, 3.63) is 11.6 Å². The van der Waals surface area contributed by atoms with Crippen LogP contribution in [0.25, 0.3) is 0 Å². The van der Waals surface area contributed by atoms with E-state index in [0.717, 1.165) is 51.4 Å². The number of ether oxygens (including phenoxy) is 4. The van der Waals surface area contributed by atoms with E-state index < -0.39 is 90.3 Å². The Labute approximate surface area is 324 Å². The minimum atomic E-state index is -1.87. The van der Waals surface area contributed by atoms with Crippen LogP contribution in [0.5, 0.6) is 0 Å². The highest BCUT2D eigenvalue weighted by atomic mass is 16.7. The number of carboxylic acids is 2. The number of aliphatic carboxylic acids is 2. The molecule has 0 amide bonds. The van der Waals surface area contributed by atoms with Gasteiger partial charge in [0.2, 0.25) is 0 Å². The number of rotatable bonds is 6. The van der Waals surface area contributed by atoms with Crippen molar-refractivity contribution in [2.75, 3.05) is 0 Å². The van der Waals surface area contributed by atoms with Crippen molar-refractivity contribution in [1.82, 2.24) is 0 Å². The molecule has 18 atom stereocenters. The minimum Gasteiger partial charge on any atom is -0.481 e. The lowest BCUT2D eigenvalue weighted by molar-refractivity contribution is -0.363. The Morgan fingerprint density at radius 1 is 0.727 bits per heavy atom. The third kappa shape index (κ3) is 6.10. The standard InChI is InChI=1S/C42H66O13/c1-20-26(43)27(44)28(45)34(52-20)54-31-29(46)32(33(48)49)55-35(30(31)47)53-25-12-13-39(6)23(38(25,4)5)11-14-41(8)24(39)10-9-21-22-19-37(2,3)15-17-42(22,36(50)51)18-16-40(21,41)7/h9,20,22-32,34-35,43-47H,10-19H2,1-8H3,(H,48,49)(H,50,51)/t20-,22+,23+,24+,25-,26-,27+,28+,29-,30+,31-,32-,34-,35+,39-,40-,41+,42-/m0/s1. The van der Waals surface area contributed by atoms with Crippen LogP contribution in [-0.4, -0.2) is 115 Å². The van der Waals surface area contributed by atoms with E-state index in [1.165, 1.54) is 12.5 Å². The van der Waals surface area contributed by atoms with Crippen LogP contribution < -0.4 is 0 Å². The second-order valence-corrected chi connectivity index (χ2v) is 20.7. The van der Waals surface area contributed by atoms with Crippen molar-refractivity contribution in [3.8, 4) is 0 Å². The van der Waals surface area contributed by atoms with Gasteiger partial charge in [0.1, 0.15) is 36.6 Å². The number of allylic oxidation sites excluding steroid dienone is 2. The van der Waals surface area contributed by atoms with E-state index >= 15 is 0 Å². The largest absolute Gasteiger partial charge is 0.481 e. The third-order valence-electron chi connectivity index (χ3n) is 17.2. The van der Waals surface area contributed by atoms with Crippen molar-refractivity contribution < 1.29 is 64.3 Å². The zero-order valence-corrected chi connectivity index (χ0v) is 33.8. The molecule has 2 aliphatic heterocycles. The summed E-state index contributed by atoms with van der Waals surface area (Å²) in [6.07, 6.45) is -5.46. The Balaban J connectivity index is 1.13. The summed E-state index contributed by atoms with van der Waals surface area (Å²) in [4.78, 5) is 25.3. The van der Waals surface area contributed by atoms with Crippen molar-refractivity contribution in [1.29, 1.82) is 0 Å². The lowest BCUT2D eigenvalue weighted by Gasteiger charge is -2.71. The maximum absolute atomic E-state index is 13.0. The highest BCUT2D eigenvalue weighted by Crippen LogP contribution is 2.76. The molecule has 0 bridgehead atoms. The van der Waals surface area contributed by atoms with Gasteiger partial charge in [-0.2, -0.15) is 0 Å². The van der Waals surface area contributed by atoms with Gasteiger partial charge in [0.25, 0.3) is 0 Å². The summed E-state index contributed by atoms with van der Waals surface area (Å²) < 4.78 is 23.7. The molecule has 0 radical (unpaired) electrons. The second kappa shape index (κ2) is 13.7. The summed E-state index contributed by atoms with van der Waals surface area (Å²) in [6, 6.07) is 0. The maximum atomic E-state index is 13.0. The van der Waals surface area contributed by atoms with E-state index in [1.54, 1.807) is 0 Å². The average Bonchev–Trinajstić information content (AvgIpc) is 3.09. The summed E-state index contributed by atoms with van der Waals surface area (Å²) in [7, 11) is 0. The Bertz CT molecular complexity index is 1550. The fraction of sp³-hybridized carbons (Fsp3) is 0.905. The molecule has 0 unspecified atom stereocenters. The van der Waals surface area contributed by atoms with Crippen molar-refractivity contribution in [2.24, 2.45) is 50.2 Å². The highest BCUT2D eigenvalue weighted by Gasteiger charge is 2.69. The number of carbonyl (C=O) groups is 2. The van der Waals surface area contributed by atoms with Crippen molar-refractivity contribution >= 4 is 11.9 Å². The van der Waals surface area contributed by atoms with Crippen LogP contribution in [0.2, 0.25) is 0 Å². The van der Waals surface area contributed by atoms with Gasteiger partial charge < -0.3 is 54.7 Å². The van der Waals surface area contributed by atoms with Crippen molar-refractivity contribution in [3.63, 3.8) is 0 Å². The molecular weight excluding hydrogens is 712 g/mol. The Kier molecular flexibility index (Phi) is 10.3. The zero-order valence-electron chi connectivity index (χ0n) is 33.8. The van der Waals surface area contributed by atoms with E-state index in [4.69, 9.17) is 18.9 Å². The molecule has 2 saturated heterocycles. The number of carboxylic acid groups (broad SMARTS) is 2. The van der Waals surface area contributed by atoms with Crippen LogP contribution in [0.4, 0.5) is 0 Å². The van der Waals surface area contributed by atoms with E-state index in [9.17, 15) is 45.3 Å². The fourth-order valence-electron chi connectivity index (χ4n) is 13.6. The van der Waals surface area contributed by atoms with Gasteiger partial charge in [-0.15, -0.1) is 0 Å². The molecule has 6 fully saturated rings. The molecule has 0 aromatic carbocycles. The van der Waals surface area contributed by atoms with Gasteiger partial charge in [0.05, 0.1) is 17.6 Å². The average molecular weight is 779 g/mol. The molecule has 7 N–H and O–H groups in total. The summed E-state index contributed by atoms with van der Waals surface area (Å²) in [5.74, 6) is -1.54. The highest BCUT2D eigenvalue weighted by molar-refractivity contribution is 5.76. The smallest absolute Gasteiger partial charge is 0.335 e. The SMILES string of the molecule is C[C@@H]1O[C@@H](O[C@@H]2[C@@H](O)[C@H](O[C@H]3CC[C@@]4(C)[C@H](CC[C@]5(C)[C@@H]4CC=C4[C@H]6CC(C)(C)CC[C@]6(C(=O)O)CC[C@@]45C)C3(C)C)O[C@H](C(=O)O)[C@H]2O)[C@H](O)[C@H](O)[C@H]1O. The number of aliphatic hydroxyl groups excluding tert-OH is 5. The first kappa shape index (κ1) is 41.5. The number of aliphatic hydroxyl groups is 5. The summed E-state index contributed by atoms with van der Waals surface area (Å²) in [5, 5.41) is 74.4. The van der Waals surface area contributed by atoms with Gasteiger partial charge in [-0.1, -0.05) is 60.1 Å². The number of hydrogen-bond acceptors (Lipinski definition) is 11. The maximum Gasteiger partial charge on any atom is 0.335 e. The van der Waals surface area contributed by atoms with Gasteiger partial charge in [-0.3, -0.25) is 4.79 Å². The minimum absolute atomic E-state index is 0.0345. The number of fused-ring (bicyclic) bond motifs is 7. The summed E-state index contributed by atoms with van der Waals surface area (Å²) in [5.41, 5.74) is 0.0941. The van der Waals surface area contributed by atoms with Crippen LogP contribution in [-0.2, 0) is 28.5 Å². The zero-order chi connectivity index (χ0) is 40.4. The predicted molar refractivity (Wildman–Crippen MR) is 197 cm³/mol. The van der Waals surface area contributed by atoms with E-state index in [1.807, 2.05) is 0 Å². The van der Waals surface area contributed by atoms with Gasteiger partial charge >= 0.3 is 11.9 Å². The first-order valence-electron chi connectivity index (χ1n) is 20.6. The quantitative estimate of drug-likeness (QED) is 0.150. The lowest BCUT2D eigenvalue weighted by Crippen LogP contribution is -2.67. The molecule has 312 valence electrons. The Morgan fingerprint density at radius 2 is 1.38 bits per heavy atom. The van der Waals surface area contributed by atoms with Crippen molar-refractivity contribution in [2.45, 2.75) is 187 Å². The van der Waals surface area contributed by atoms with E-state index in [0.29, 0.717) is 18.8 Å². The third-order valence-corrected chi connectivity index (χ3v) is 17.2. The van der Waals surface area contributed by atoms with Gasteiger partial charge in [-0.05, 0) is 116 Å². The van der Waals surface area contributed by atoms with Crippen LogP contribution in [0.1, 0.15) is 120 Å². The molecule has 5 aliphatic carbocycles. The molecule has 4 saturated carbocycles. The first-order chi connectivity index (χ1) is 25.4. The fourth-order valence-corrected chi connectivity index (χ4v) is 13.6. The summed E-state index contributed by atoms with van der Waals surface area (Å²) >= 11 is 0. The van der Waals surface area contributed by atoms with Gasteiger partial charge in [-0.25, -0.2) is 4.79 Å². The topological polar surface area (TPSA) is 213 Å². The molecule has 13 heteroatoms. The first-order valence-corrected chi connectivity index (χ1v) is 20.6. The predicted octanol–water partition coefficient (Wildman–Crippen LogP) is 4.00. The molecule has 55 heavy (non-hydrogen) atoms. The van der Waals surface area contributed by atoms with Gasteiger partial charge in [0.15, 0.2) is 18.7 Å². The monoisotopic (exact) mass is 778 g/mol. The molecule has 7 aliphatic rings. The molecular formula is C42H66O13. The van der Waals surface area contributed by atoms with Crippen LogP contribution >= 0.6 is 0 Å². The molecule has 2 heterocycles. The molecule has 7 rings (SSSR count). The van der Waals surface area contributed by atoms with E-state index in [2.05, 4.69) is 54.5 Å². The lowest BCUT2D eigenvalue weighted by atomic mass is 9.33. The molecule has 0 spiro atoms. The normalized spacial score (nSPS) is 53.1. The molecule has 13 nitrogen and oxygen atoms in total. The van der Waals surface area contributed by atoms with E-state index in [-0.39, 0.29) is 33.5 Å². The molecule has 0 aromatic rings. The Morgan fingerprint density at radius 3 is 2.04 bits per heavy atom. The summed E-state index contributed by atoms with van der Waals surface area (Å²) in [6.45, 7) is 17.7. The molecule has 0 aromatic heterocycles. The van der Waals surface area contributed by atoms with Crippen LogP contribution in [0.3, 0.4) is 0 Å². The second-order valence-electron chi connectivity index (χ2n) is 20.7. The number of hydrogen-bond donors (Lipinski definition) is 7. The van der Waals surface area contributed by atoms with Crippen LogP contribution in [0, 0.1) is 50.2 Å². The Hall–Kier alpha value is -1.68. The van der Waals surface area contributed by atoms with Gasteiger partial charge in [0, 0.05) is 0 Å².